The molecular formula is C16H12O5. The summed E-state index contributed by atoms with van der Waals surface area (Å²) in [5.41, 5.74) is 0.357. The molecule has 0 bridgehead atoms. The first-order valence-electron chi connectivity index (χ1n) is 6.17. The summed E-state index contributed by atoms with van der Waals surface area (Å²) < 4.78 is 4.83. The lowest BCUT2D eigenvalue weighted by Crippen LogP contribution is -2.35. The van der Waals surface area contributed by atoms with Crippen molar-refractivity contribution in [2.75, 3.05) is 0 Å². The molecule has 1 unspecified atom stereocenters. The minimum Gasteiger partial charge on any atom is -0.478 e. The molecule has 21 heavy (non-hydrogen) atoms. The fourth-order valence-electron chi connectivity index (χ4n) is 1.72. The normalized spacial score (nSPS) is 11.4. The number of benzene rings is 2. The number of ketones is 1. The van der Waals surface area contributed by atoms with E-state index in [9.17, 15) is 14.4 Å². The van der Waals surface area contributed by atoms with Crippen LogP contribution in [0.4, 0.5) is 0 Å². The number of esters is 1. The van der Waals surface area contributed by atoms with Gasteiger partial charge in [-0.2, -0.15) is 0 Å². The largest absolute Gasteiger partial charge is 0.478 e. The van der Waals surface area contributed by atoms with Crippen molar-refractivity contribution < 1.29 is 24.2 Å². The summed E-state index contributed by atoms with van der Waals surface area (Å²) in [7, 11) is 0. The van der Waals surface area contributed by atoms with Gasteiger partial charge in [-0.1, -0.05) is 48.5 Å². The SMILES string of the molecule is O=C(OC(C(=O)O)C(=O)c1ccccc1)c1ccccc1. The van der Waals surface area contributed by atoms with Gasteiger partial charge in [0.05, 0.1) is 5.56 Å². The van der Waals surface area contributed by atoms with Crippen LogP contribution in [0.5, 0.6) is 0 Å². The molecule has 0 heterocycles. The van der Waals surface area contributed by atoms with E-state index in [1.807, 2.05) is 0 Å². The van der Waals surface area contributed by atoms with Gasteiger partial charge in [-0.15, -0.1) is 0 Å². The molecule has 0 aliphatic heterocycles. The van der Waals surface area contributed by atoms with Crippen LogP contribution in [0.3, 0.4) is 0 Å². The van der Waals surface area contributed by atoms with Crippen molar-refractivity contribution in [1.29, 1.82) is 0 Å². The van der Waals surface area contributed by atoms with Gasteiger partial charge in [-0.3, -0.25) is 4.79 Å². The Morgan fingerprint density at radius 3 is 1.76 bits per heavy atom. The molecule has 2 aromatic carbocycles. The predicted molar refractivity (Wildman–Crippen MR) is 74.1 cm³/mol. The summed E-state index contributed by atoms with van der Waals surface area (Å²) in [5, 5.41) is 9.10. The molecule has 1 N–H and O–H groups in total. The van der Waals surface area contributed by atoms with Crippen LogP contribution >= 0.6 is 0 Å². The topological polar surface area (TPSA) is 80.7 Å². The summed E-state index contributed by atoms with van der Waals surface area (Å²) in [4.78, 5) is 35.1. The van der Waals surface area contributed by atoms with Crippen LogP contribution in [-0.2, 0) is 9.53 Å². The summed E-state index contributed by atoms with van der Waals surface area (Å²) >= 11 is 0. The number of carboxylic acid groups (broad SMARTS) is 1. The molecule has 1 atom stereocenters. The molecule has 0 aliphatic carbocycles. The Kier molecular flexibility index (Phi) is 4.46. The number of Topliss-reactive ketones (excluding diaryl/α,β-unsaturated/α-hetero) is 1. The molecule has 0 fully saturated rings. The standard InChI is InChI=1S/C16H12O5/c17-13(11-7-3-1-4-8-11)14(15(18)19)21-16(20)12-9-5-2-6-10-12/h1-10,14H,(H,18,19). The van der Waals surface area contributed by atoms with Crippen LogP contribution in [0.15, 0.2) is 60.7 Å². The monoisotopic (exact) mass is 284 g/mol. The van der Waals surface area contributed by atoms with Crippen LogP contribution in [0, 0.1) is 0 Å². The quantitative estimate of drug-likeness (QED) is 0.517. The number of rotatable bonds is 5. The van der Waals surface area contributed by atoms with Crippen molar-refractivity contribution in [3.05, 3.63) is 71.8 Å². The lowest BCUT2D eigenvalue weighted by atomic mass is 10.1. The maximum Gasteiger partial charge on any atom is 0.353 e. The van der Waals surface area contributed by atoms with Gasteiger partial charge in [0.15, 0.2) is 0 Å². The number of hydrogen-bond donors (Lipinski definition) is 1. The Bertz CT molecular complexity index is 649. The van der Waals surface area contributed by atoms with Crippen LogP contribution < -0.4 is 0 Å². The van der Waals surface area contributed by atoms with Crippen molar-refractivity contribution in [2.24, 2.45) is 0 Å². The number of hydrogen-bond acceptors (Lipinski definition) is 4. The molecule has 0 aromatic heterocycles. The van der Waals surface area contributed by atoms with E-state index in [4.69, 9.17) is 9.84 Å². The number of ether oxygens (including phenoxy) is 1. The molecular weight excluding hydrogens is 272 g/mol. The average Bonchev–Trinajstić information content (AvgIpc) is 2.53. The zero-order chi connectivity index (χ0) is 15.2. The Morgan fingerprint density at radius 1 is 0.810 bits per heavy atom. The number of carbonyl (C=O) groups excluding carboxylic acids is 2. The van der Waals surface area contributed by atoms with E-state index in [0.717, 1.165) is 0 Å². The summed E-state index contributed by atoms with van der Waals surface area (Å²) in [6.07, 6.45) is -1.86. The first-order chi connectivity index (χ1) is 10.1. The van der Waals surface area contributed by atoms with E-state index in [-0.39, 0.29) is 11.1 Å². The van der Waals surface area contributed by atoms with Gasteiger partial charge in [-0.05, 0) is 12.1 Å². The third kappa shape index (κ3) is 3.54. The fourth-order valence-corrected chi connectivity index (χ4v) is 1.72. The summed E-state index contributed by atoms with van der Waals surface area (Å²) in [6, 6.07) is 15.7. The van der Waals surface area contributed by atoms with Gasteiger partial charge in [0.25, 0.3) is 6.10 Å². The number of carboxylic acids is 1. The number of carbonyl (C=O) groups is 3. The molecule has 0 radical (unpaired) electrons. The van der Waals surface area contributed by atoms with E-state index in [1.165, 1.54) is 24.3 Å². The number of aliphatic carboxylic acids is 1. The smallest absolute Gasteiger partial charge is 0.353 e. The zero-order valence-electron chi connectivity index (χ0n) is 10.9. The second kappa shape index (κ2) is 6.47. The molecule has 0 saturated carbocycles. The van der Waals surface area contributed by atoms with E-state index >= 15 is 0 Å². The molecule has 5 heteroatoms. The van der Waals surface area contributed by atoms with Gasteiger partial charge in [-0.25, -0.2) is 9.59 Å². The van der Waals surface area contributed by atoms with E-state index in [2.05, 4.69) is 0 Å². The highest BCUT2D eigenvalue weighted by Crippen LogP contribution is 2.10. The van der Waals surface area contributed by atoms with Crippen molar-refractivity contribution >= 4 is 17.7 Å². The Hall–Kier alpha value is -2.95. The van der Waals surface area contributed by atoms with Gasteiger partial charge in [0.1, 0.15) is 0 Å². The molecule has 0 amide bonds. The van der Waals surface area contributed by atoms with E-state index in [0.29, 0.717) is 0 Å². The van der Waals surface area contributed by atoms with E-state index < -0.39 is 23.8 Å². The van der Waals surface area contributed by atoms with Gasteiger partial charge in [0, 0.05) is 5.56 Å². The molecule has 2 rings (SSSR count). The van der Waals surface area contributed by atoms with E-state index in [1.54, 1.807) is 36.4 Å². The first-order valence-corrected chi connectivity index (χ1v) is 6.17. The lowest BCUT2D eigenvalue weighted by molar-refractivity contribution is -0.144. The Labute approximate surface area is 120 Å². The summed E-state index contributed by atoms with van der Waals surface area (Å²) in [5.74, 6) is -3.13. The molecule has 5 nitrogen and oxygen atoms in total. The second-order valence-corrected chi connectivity index (χ2v) is 4.22. The fraction of sp³-hybridized carbons (Fsp3) is 0.0625. The van der Waals surface area contributed by atoms with Gasteiger partial charge < -0.3 is 9.84 Å². The van der Waals surface area contributed by atoms with Gasteiger partial charge >= 0.3 is 11.9 Å². The molecule has 0 saturated heterocycles. The van der Waals surface area contributed by atoms with Gasteiger partial charge in [0.2, 0.25) is 5.78 Å². The third-order valence-corrected chi connectivity index (χ3v) is 2.76. The first kappa shape index (κ1) is 14.5. The predicted octanol–water partition coefficient (Wildman–Crippen LogP) is 2.18. The molecule has 106 valence electrons. The van der Waals surface area contributed by atoms with Crippen LogP contribution in [0.1, 0.15) is 20.7 Å². The highest BCUT2D eigenvalue weighted by atomic mass is 16.6. The highest BCUT2D eigenvalue weighted by molar-refractivity contribution is 6.12. The van der Waals surface area contributed by atoms with Crippen LogP contribution in [0.25, 0.3) is 0 Å². The van der Waals surface area contributed by atoms with Crippen molar-refractivity contribution in [1.82, 2.24) is 0 Å². The van der Waals surface area contributed by atoms with Crippen molar-refractivity contribution in [3.8, 4) is 0 Å². The summed E-state index contributed by atoms with van der Waals surface area (Å²) in [6.45, 7) is 0. The minimum absolute atomic E-state index is 0.172. The zero-order valence-corrected chi connectivity index (χ0v) is 10.9. The Balaban J connectivity index is 2.19. The molecule has 0 aliphatic rings. The Morgan fingerprint density at radius 2 is 1.29 bits per heavy atom. The molecule has 2 aromatic rings. The van der Waals surface area contributed by atoms with Crippen molar-refractivity contribution in [2.45, 2.75) is 6.10 Å². The van der Waals surface area contributed by atoms with Crippen LogP contribution in [-0.4, -0.2) is 28.9 Å². The molecule has 0 spiro atoms. The maximum atomic E-state index is 12.1. The maximum absolute atomic E-state index is 12.1. The highest BCUT2D eigenvalue weighted by Gasteiger charge is 2.31. The average molecular weight is 284 g/mol. The van der Waals surface area contributed by atoms with Crippen molar-refractivity contribution in [3.63, 3.8) is 0 Å². The second-order valence-electron chi connectivity index (χ2n) is 4.22. The minimum atomic E-state index is -1.86. The third-order valence-electron chi connectivity index (χ3n) is 2.76. The lowest BCUT2D eigenvalue weighted by Gasteiger charge is -2.12. The van der Waals surface area contributed by atoms with Crippen LogP contribution in [0.2, 0.25) is 0 Å².